The molecule has 10 rings (SSSR count). The second kappa shape index (κ2) is 12.6. The van der Waals surface area contributed by atoms with Gasteiger partial charge in [-0.3, -0.25) is 0 Å². The SMILES string of the molecule is CC1CC=CC=C1c1cc(-c2ccc3sc4c(-c5nc(-c6ccccc6)c6sc7ccccc7c6n5)cccc4c3c2)nc(C2C=CC=CC2C)n1. The van der Waals surface area contributed by atoms with Crippen molar-refractivity contribution in [3.63, 3.8) is 0 Å². The lowest BCUT2D eigenvalue weighted by molar-refractivity contribution is 0.600. The third-order valence-corrected chi connectivity index (χ3v) is 12.9. The van der Waals surface area contributed by atoms with Crippen molar-refractivity contribution in [2.24, 2.45) is 11.8 Å². The first kappa shape index (κ1) is 31.2. The Morgan fingerprint density at radius 3 is 2.29 bits per heavy atom. The van der Waals surface area contributed by atoms with Gasteiger partial charge in [0.25, 0.3) is 0 Å². The molecule has 4 heterocycles. The zero-order valence-electron chi connectivity index (χ0n) is 28.8. The van der Waals surface area contributed by atoms with E-state index in [-0.39, 0.29) is 5.92 Å². The third kappa shape index (κ3) is 5.25. The maximum atomic E-state index is 5.31. The molecular formula is C46H34N4S2. The number of hydrogen-bond acceptors (Lipinski definition) is 6. The summed E-state index contributed by atoms with van der Waals surface area (Å²) >= 11 is 3.58. The Balaban J connectivity index is 1.14. The summed E-state index contributed by atoms with van der Waals surface area (Å²) in [4.78, 5) is 21.1. The summed E-state index contributed by atoms with van der Waals surface area (Å²) in [5, 5.41) is 3.59. The maximum Gasteiger partial charge on any atom is 0.161 e. The van der Waals surface area contributed by atoms with Gasteiger partial charge in [-0.15, -0.1) is 22.7 Å². The van der Waals surface area contributed by atoms with Crippen LogP contribution in [0.3, 0.4) is 0 Å². The zero-order valence-corrected chi connectivity index (χ0v) is 30.5. The summed E-state index contributed by atoms with van der Waals surface area (Å²) in [6.07, 6.45) is 16.4. The molecule has 0 saturated heterocycles. The van der Waals surface area contributed by atoms with Crippen LogP contribution in [0, 0.1) is 11.8 Å². The van der Waals surface area contributed by atoms with Gasteiger partial charge in [-0.2, -0.15) is 0 Å². The number of nitrogens with zero attached hydrogens (tertiary/aromatic N) is 4. The Bertz CT molecular complexity index is 2820. The van der Waals surface area contributed by atoms with Crippen LogP contribution in [0.2, 0.25) is 0 Å². The fourth-order valence-corrected chi connectivity index (χ4v) is 10.0. The molecule has 4 nitrogen and oxygen atoms in total. The fraction of sp³-hybridized carbons (Fsp3) is 0.130. The Hall–Kier alpha value is -5.56. The number of rotatable bonds is 5. The highest BCUT2D eigenvalue weighted by Gasteiger charge is 2.24. The minimum atomic E-state index is 0.130. The van der Waals surface area contributed by atoms with E-state index in [1.54, 1.807) is 11.3 Å². The van der Waals surface area contributed by atoms with Crippen LogP contribution >= 0.6 is 22.7 Å². The van der Waals surface area contributed by atoms with E-state index in [4.69, 9.17) is 19.9 Å². The lowest BCUT2D eigenvalue weighted by atomic mass is 9.87. The number of fused-ring (bicyclic) bond motifs is 6. The van der Waals surface area contributed by atoms with Crippen LogP contribution in [-0.2, 0) is 0 Å². The highest BCUT2D eigenvalue weighted by atomic mass is 32.1. The molecule has 3 atom stereocenters. The smallest absolute Gasteiger partial charge is 0.161 e. The summed E-state index contributed by atoms with van der Waals surface area (Å²) in [6, 6.07) is 34.6. The average molecular weight is 707 g/mol. The highest BCUT2D eigenvalue weighted by Crippen LogP contribution is 2.44. The van der Waals surface area contributed by atoms with Gasteiger partial charge in [0.2, 0.25) is 0 Å². The van der Waals surface area contributed by atoms with Crippen molar-refractivity contribution in [2.75, 3.05) is 0 Å². The second-order valence-electron chi connectivity index (χ2n) is 13.9. The maximum absolute atomic E-state index is 5.31. The summed E-state index contributed by atoms with van der Waals surface area (Å²) in [5.74, 6) is 2.49. The van der Waals surface area contributed by atoms with Crippen LogP contribution in [0.1, 0.15) is 37.7 Å². The van der Waals surface area contributed by atoms with Crippen LogP contribution in [0.4, 0.5) is 0 Å². The Morgan fingerprint density at radius 1 is 0.615 bits per heavy atom. The quantitative estimate of drug-likeness (QED) is 0.179. The molecule has 4 aromatic carbocycles. The molecule has 6 heteroatoms. The van der Waals surface area contributed by atoms with E-state index in [1.165, 1.54) is 35.8 Å². The van der Waals surface area contributed by atoms with Gasteiger partial charge in [-0.05, 0) is 54.2 Å². The molecule has 0 N–H and O–H groups in total. The predicted octanol–water partition coefficient (Wildman–Crippen LogP) is 12.8. The lowest BCUT2D eigenvalue weighted by Gasteiger charge is -2.22. The normalized spacial score (nSPS) is 18.6. The molecule has 0 fully saturated rings. The molecule has 0 amide bonds. The largest absolute Gasteiger partial charge is 0.233 e. The lowest BCUT2D eigenvalue weighted by Crippen LogP contribution is -2.14. The highest BCUT2D eigenvalue weighted by molar-refractivity contribution is 7.26. The predicted molar refractivity (Wildman–Crippen MR) is 221 cm³/mol. The van der Waals surface area contributed by atoms with Crippen LogP contribution in [-0.4, -0.2) is 19.9 Å². The third-order valence-electron chi connectivity index (χ3n) is 10.5. The topological polar surface area (TPSA) is 51.6 Å². The Labute approximate surface area is 310 Å². The molecule has 52 heavy (non-hydrogen) atoms. The van der Waals surface area contributed by atoms with E-state index in [2.05, 4.69) is 153 Å². The molecule has 4 aromatic heterocycles. The van der Waals surface area contributed by atoms with E-state index in [0.717, 1.165) is 62.1 Å². The second-order valence-corrected chi connectivity index (χ2v) is 16.0. The fourth-order valence-electron chi connectivity index (χ4n) is 7.67. The van der Waals surface area contributed by atoms with Crippen molar-refractivity contribution in [3.05, 3.63) is 151 Å². The minimum Gasteiger partial charge on any atom is -0.233 e. The van der Waals surface area contributed by atoms with Gasteiger partial charge in [-0.1, -0.05) is 123 Å². The summed E-state index contributed by atoms with van der Waals surface area (Å²) < 4.78 is 4.77. The van der Waals surface area contributed by atoms with Gasteiger partial charge >= 0.3 is 0 Å². The number of aromatic nitrogens is 4. The van der Waals surface area contributed by atoms with Gasteiger partial charge < -0.3 is 0 Å². The van der Waals surface area contributed by atoms with E-state index in [9.17, 15) is 0 Å². The van der Waals surface area contributed by atoms with Crippen LogP contribution in [0.5, 0.6) is 0 Å². The first-order valence-corrected chi connectivity index (χ1v) is 19.5. The van der Waals surface area contributed by atoms with Crippen molar-refractivity contribution in [2.45, 2.75) is 26.2 Å². The number of thiophene rings is 2. The van der Waals surface area contributed by atoms with Crippen LogP contribution in [0.15, 0.2) is 140 Å². The first-order valence-electron chi connectivity index (χ1n) is 17.9. The van der Waals surface area contributed by atoms with E-state index in [1.807, 2.05) is 11.3 Å². The molecule has 2 aliphatic carbocycles. The van der Waals surface area contributed by atoms with Crippen LogP contribution < -0.4 is 0 Å². The number of benzene rings is 4. The number of allylic oxidation sites excluding steroid dienone is 8. The molecule has 2 aliphatic rings. The molecule has 0 spiro atoms. The summed E-state index contributed by atoms with van der Waals surface area (Å²) in [7, 11) is 0. The molecule has 0 saturated carbocycles. The summed E-state index contributed by atoms with van der Waals surface area (Å²) in [5.41, 5.74) is 8.49. The standard InChI is InChI=1S/C46H34N4S2/c1-27-13-6-8-17-31(27)38-26-37(47-45(48-38)32-18-9-7-14-28(32)2)30-23-24-40-36(25-30)33-20-12-21-35(43(33)51-40)46-49-41(29-15-4-3-5-16-29)44-42(50-46)34-19-10-11-22-39(34)52-44/h3-12,14-28,32H,13H2,1-2H3. The molecule has 3 unspecified atom stereocenters. The van der Waals surface area contributed by atoms with Gasteiger partial charge in [0, 0.05) is 52.9 Å². The molecule has 250 valence electrons. The Kier molecular flexibility index (Phi) is 7.55. The monoisotopic (exact) mass is 706 g/mol. The molecule has 0 bridgehead atoms. The van der Waals surface area contributed by atoms with Gasteiger partial charge in [-0.25, -0.2) is 19.9 Å². The van der Waals surface area contributed by atoms with Crippen molar-refractivity contribution < 1.29 is 0 Å². The van der Waals surface area contributed by atoms with E-state index >= 15 is 0 Å². The van der Waals surface area contributed by atoms with Gasteiger partial charge in [0.15, 0.2) is 5.82 Å². The molecule has 0 radical (unpaired) electrons. The zero-order chi connectivity index (χ0) is 34.8. The van der Waals surface area contributed by atoms with Crippen molar-refractivity contribution in [3.8, 4) is 33.9 Å². The van der Waals surface area contributed by atoms with Gasteiger partial charge in [0.05, 0.1) is 27.3 Å². The Morgan fingerprint density at radius 2 is 1.40 bits per heavy atom. The van der Waals surface area contributed by atoms with E-state index in [0.29, 0.717) is 11.8 Å². The minimum absolute atomic E-state index is 0.130. The van der Waals surface area contributed by atoms with E-state index < -0.39 is 0 Å². The van der Waals surface area contributed by atoms with Crippen molar-refractivity contribution >= 4 is 68.7 Å². The number of hydrogen-bond donors (Lipinski definition) is 0. The van der Waals surface area contributed by atoms with Gasteiger partial charge in [0.1, 0.15) is 5.82 Å². The first-order chi connectivity index (χ1) is 25.6. The molecular weight excluding hydrogens is 673 g/mol. The molecule has 0 aliphatic heterocycles. The van der Waals surface area contributed by atoms with Crippen molar-refractivity contribution in [1.29, 1.82) is 0 Å². The van der Waals surface area contributed by atoms with Crippen molar-refractivity contribution in [1.82, 2.24) is 19.9 Å². The average Bonchev–Trinajstić information content (AvgIpc) is 3.76. The summed E-state index contributed by atoms with van der Waals surface area (Å²) in [6.45, 7) is 4.53. The van der Waals surface area contributed by atoms with Crippen LogP contribution in [0.25, 0.3) is 80.0 Å². The molecule has 8 aromatic rings.